The lowest BCUT2D eigenvalue weighted by molar-refractivity contribution is -0.114. The van der Waals surface area contributed by atoms with E-state index < -0.39 is 0 Å². The zero-order chi connectivity index (χ0) is 20.4. The van der Waals surface area contributed by atoms with Crippen molar-refractivity contribution in [3.05, 3.63) is 83.7 Å². The second-order valence-corrected chi connectivity index (χ2v) is 7.64. The second-order valence-electron chi connectivity index (χ2n) is 6.63. The van der Waals surface area contributed by atoms with Crippen LogP contribution in [0.2, 0.25) is 0 Å². The zero-order valence-electron chi connectivity index (χ0n) is 15.9. The fourth-order valence-electron chi connectivity index (χ4n) is 3.22. The summed E-state index contributed by atoms with van der Waals surface area (Å²) in [6.07, 6.45) is 1.77. The van der Waals surface area contributed by atoms with Crippen LogP contribution in [0.1, 0.15) is 17.3 Å². The van der Waals surface area contributed by atoms with E-state index >= 15 is 0 Å². The number of nitrogens with zero attached hydrogens (tertiary/aromatic N) is 2. The molecule has 5 nitrogen and oxygen atoms in total. The number of amides is 2. The molecule has 0 aliphatic heterocycles. The predicted octanol–water partition coefficient (Wildman–Crippen LogP) is 4.74. The number of anilines is 1. The van der Waals surface area contributed by atoms with Gasteiger partial charge in [-0.05, 0) is 41.1 Å². The average molecular weight is 401 g/mol. The number of fused-ring (bicyclic) bond motifs is 2. The first-order valence-electron chi connectivity index (χ1n) is 9.15. The van der Waals surface area contributed by atoms with Gasteiger partial charge in [0.05, 0.1) is 10.2 Å². The molecule has 0 saturated carbocycles. The fourth-order valence-corrected chi connectivity index (χ4v) is 4.30. The highest BCUT2D eigenvalue weighted by molar-refractivity contribution is 7.16. The number of benzene rings is 3. The lowest BCUT2D eigenvalue weighted by atomic mass is 10.1. The Balaban J connectivity index is 1.80. The van der Waals surface area contributed by atoms with Crippen molar-refractivity contribution in [1.82, 2.24) is 4.57 Å². The Labute approximate surface area is 171 Å². The molecule has 0 bridgehead atoms. The van der Waals surface area contributed by atoms with Crippen LogP contribution in [0.4, 0.5) is 5.69 Å². The summed E-state index contributed by atoms with van der Waals surface area (Å²) in [6, 6.07) is 19.1. The van der Waals surface area contributed by atoms with Crippen LogP contribution in [0.5, 0.6) is 0 Å². The van der Waals surface area contributed by atoms with E-state index in [1.54, 1.807) is 12.1 Å². The molecule has 0 radical (unpaired) electrons. The highest BCUT2D eigenvalue weighted by Gasteiger charge is 2.10. The van der Waals surface area contributed by atoms with Gasteiger partial charge in [0.15, 0.2) is 4.80 Å². The van der Waals surface area contributed by atoms with Gasteiger partial charge in [0.25, 0.3) is 5.91 Å². The first-order chi connectivity index (χ1) is 14.0. The normalized spacial score (nSPS) is 11.7. The van der Waals surface area contributed by atoms with Crippen molar-refractivity contribution in [2.75, 3.05) is 5.32 Å². The van der Waals surface area contributed by atoms with Crippen molar-refractivity contribution >= 4 is 49.8 Å². The summed E-state index contributed by atoms with van der Waals surface area (Å²) in [7, 11) is 0. The van der Waals surface area contributed by atoms with Gasteiger partial charge in [-0.2, -0.15) is 4.99 Å². The number of nitrogens with one attached hydrogen (secondary N) is 1. The van der Waals surface area contributed by atoms with E-state index in [1.807, 2.05) is 59.2 Å². The van der Waals surface area contributed by atoms with Gasteiger partial charge < -0.3 is 9.88 Å². The molecule has 1 N–H and O–H groups in total. The highest BCUT2D eigenvalue weighted by atomic mass is 32.1. The maximum atomic E-state index is 12.8. The van der Waals surface area contributed by atoms with E-state index in [4.69, 9.17) is 0 Å². The number of hydrogen-bond acceptors (Lipinski definition) is 3. The Morgan fingerprint density at radius 3 is 2.66 bits per heavy atom. The van der Waals surface area contributed by atoms with Crippen molar-refractivity contribution in [1.29, 1.82) is 0 Å². The second kappa shape index (κ2) is 7.85. The third kappa shape index (κ3) is 3.88. The monoisotopic (exact) mass is 401 g/mol. The lowest BCUT2D eigenvalue weighted by Crippen LogP contribution is -2.16. The summed E-state index contributed by atoms with van der Waals surface area (Å²) in [6.45, 7) is 5.81. The molecular weight excluding hydrogens is 382 g/mol. The molecule has 4 aromatic rings. The molecular formula is C23H19N3O2S. The first-order valence-corrected chi connectivity index (χ1v) is 9.96. The first kappa shape index (κ1) is 18.8. The van der Waals surface area contributed by atoms with Gasteiger partial charge in [-0.25, -0.2) is 0 Å². The minimum atomic E-state index is -0.290. The molecule has 0 saturated heterocycles. The van der Waals surface area contributed by atoms with Gasteiger partial charge in [0.2, 0.25) is 5.91 Å². The van der Waals surface area contributed by atoms with Crippen LogP contribution >= 0.6 is 11.3 Å². The number of rotatable bonds is 4. The van der Waals surface area contributed by atoms with Crippen LogP contribution < -0.4 is 10.1 Å². The summed E-state index contributed by atoms with van der Waals surface area (Å²) >= 11 is 1.41. The van der Waals surface area contributed by atoms with Crippen LogP contribution in [-0.4, -0.2) is 16.4 Å². The topological polar surface area (TPSA) is 63.5 Å². The Kier molecular flexibility index (Phi) is 5.10. The van der Waals surface area contributed by atoms with E-state index in [-0.39, 0.29) is 11.8 Å². The van der Waals surface area contributed by atoms with Crippen molar-refractivity contribution in [3.8, 4) is 0 Å². The lowest BCUT2D eigenvalue weighted by Gasteiger charge is -2.04. The Morgan fingerprint density at radius 2 is 1.90 bits per heavy atom. The molecule has 29 heavy (non-hydrogen) atoms. The molecule has 3 aromatic carbocycles. The standard InChI is InChI=1S/C23H19N3O2S/c1-3-12-26-20-11-10-19(24-15(2)27)14-21(20)29-23(26)25-22(28)18-9-8-16-6-4-5-7-17(16)13-18/h3-11,13-14H,1,12H2,2H3,(H,24,27). The number of hydrogen-bond donors (Lipinski definition) is 1. The van der Waals surface area contributed by atoms with Gasteiger partial charge in [-0.15, -0.1) is 6.58 Å². The highest BCUT2D eigenvalue weighted by Crippen LogP contribution is 2.22. The predicted molar refractivity (Wildman–Crippen MR) is 118 cm³/mol. The van der Waals surface area contributed by atoms with Crippen LogP contribution in [-0.2, 0) is 11.3 Å². The van der Waals surface area contributed by atoms with E-state index in [1.165, 1.54) is 18.3 Å². The van der Waals surface area contributed by atoms with Crippen LogP contribution in [0.25, 0.3) is 21.0 Å². The summed E-state index contributed by atoms with van der Waals surface area (Å²) in [5.41, 5.74) is 2.20. The zero-order valence-corrected chi connectivity index (χ0v) is 16.7. The molecule has 2 amide bonds. The molecule has 1 heterocycles. The SMILES string of the molecule is C=CCn1c(=NC(=O)c2ccc3ccccc3c2)sc2cc(NC(C)=O)ccc21. The van der Waals surface area contributed by atoms with Gasteiger partial charge >= 0.3 is 0 Å². The Hall–Kier alpha value is -3.51. The van der Waals surface area contributed by atoms with Crippen molar-refractivity contribution in [3.63, 3.8) is 0 Å². The van der Waals surface area contributed by atoms with E-state index in [2.05, 4.69) is 16.9 Å². The summed E-state index contributed by atoms with van der Waals surface area (Å²) in [5.74, 6) is -0.418. The van der Waals surface area contributed by atoms with Crippen LogP contribution in [0.3, 0.4) is 0 Å². The summed E-state index contributed by atoms with van der Waals surface area (Å²) < 4.78 is 2.88. The Morgan fingerprint density at radius 1 is 1.10 bits per heavy atom. The molecule has 1 aromatic heterocycles. The molecule has 0 aliphatic carbocycles. The molecule has 0 atom stereocenters. The van der Waals surface area contributed by atoms with Crippen molar-refractivity contribution in [2.45, 2.75) is 13.5 Å². The number of carbonyl (C=O) groups is 2. The van der Waals surface area contributed by atoms with E-state index in [0.29, 0.717) is 22.6 Å². The quantitative estimate of drug-likeness (QED) is 0.502. The maximum absolute atomic E-state index is 12.8. The van der Waals surface area contributed by atoms with Gasteiger partial charge in [-0.1, -0.05) is 47.7 Å². The largest absolute Gasteiger partial charge is 0.326 e. The number of thiazole rings is 1. The molecule has 0 aliphatic rings. The molecule has 4 rings (SSSR count). The number of carbonyl (C=O) groups excluding carboxylic acids is 2. The molecule has 0 unspecified atom stereocenters. The molecule has 0 spiro atoms. The molecule has 144 valence electrons. The van der Waals surface area contributed by atoms with E-state index in [9.17, 15) is 9.59 Å². The smallest absolute Gasteiger partial charge is 0.279 e. The summed E-state index contributed by atoms with van der Waals surface area (Å²) in [5, 5.41) is 4.87. The summed E-state index contributed by atoms with van der Waals surface area (Å²) in [4.78, 5) is 29.2. The van der Waals surface area contributed by atoms with Crippen LogP contribution in [0.15, 0.2) is 78.3 Å². The number of allylic oxidation sites excluding steroid dienone is 1. The Bertz CT molecular complexity index is 1330. The van der Waals surface area contributed by atoms with E-state index in [0.717, 1.165) is 21.0 Å². The van der Waals surface area contributed by atoms with Gasteiger partial charge in [-0.3, -0.25) is 9.59 Å². The fraction of sp³-hybridized carbons (Fsp3) is 0.0870. The van der Waals surface area contributed by atoms with Crippen LogP contribution in [0, 0.1) is 0 Å². The molecule has 0 fully saturated rings. The van der Waals surface area contributed by atoms with Crippen molar-refractivity contribution < 1.29 is 9.59 Å². The number of aromatic nitrogens is 1. The minimum absolute atomic E-state index is 0.128. The maximum Gasteiger partial charge on any atom is 0.279 e. The third-order valence-corrected chi connectivity index (χ3v) is 5.55. The third-order valence-electron chi connectivity index (χ3n) is 4.51. The minimum Gasteiger partial charge on any atom is -0.326 e. The molecule has 6 heteroatoms. The van der Waals surface area contributed by atoms with Gasteiger partial charge in [0, 0.05) is 24.7 Å². The average Bonchev–Trinajstić information content (AvgIpc) is 3.03. The van der Waals surface area contributed by atoms with Crippen molar-refractivity contribution in [2.24, 2.45) is 4.99 Å². The van der Waals surface area contributed by atoms with Gasteiger partial charge in [0.1, 0.15) is 0 Å².